The minimum absolute atomic E-state index is 0.145. The number of aryl methyl sites for hydroxylation is 1. The summed E-state index contributed by atoms with van der Waals surface area (Å²) < 4.78 is 9.94. The van der Waals surface area contributed by atoms with Gasteiger partial charge in [0.25, 0.3) is 0 Å². The molecule has 2 aliphatic rings. The Hall–Kier alpha value is -2.28. The van der Waals surface area contributed by atoms with Crippen molar-refractivity contribution in [3.63, 3.8) is 0 Å². The van der Waals surface area contributed by atoms with Crippen LogP contribution in [0.5, 0.6) is 0 Å². The third-order valence-corrected chi connectivity index (χ3v) is 6.99. The van der Waals surface area contributed by atoms with E-state index in [-0.39, 0.29) is 11.0 Å². The van der Waals surface area contributed by atoms with Crippen molar-refractivity contribution in [2.45, 2.75) is 75.4 Å². The summed E-state index contributed by atoms with van der Waals surface area (Å²) in [5.74, 6) is 2.74. The molecule has 0 aliphatic heterocycles. The maximum Gasteiger partial charge on any atom is 0.192 e. The molecule has 6 nitrogen and oxygen atoms in total. The fraction of sp³-hybridized carbons (Fsp3) is 0.500. The molecule has 3 heterocycles. The van der Waals surface area contributed by atoms with Crippen LogP contribution in [0.4, 0.5) is 0 Å². The van der Waals surface area contributed by atoms with Gasteiger partial charge in [0, 0.05) is 28.9 Å². The number of thioether (sulfide) groups is 1. The molecule has 0 unspecified atom stereocenters. The number of nitrogens with zero attached hydrogens (tertiary/aromatic N) is 4. The maximum absolute atomic E-state index is 13.3. The van der Waals surface area contributed by atoms with Crippen LogP contribution >= 0.6 is 11.8 Å². The first-order chi connectivity index (χ1) is 14.0. The van der Waals surface area contributed by atoms with Gasteiger partial charge in [-0.25, -0.2) is 0 Å². The van der Waals surface area contributed by atoms with E-state index in [0.29, 0.717) is 18.5 Å². The van der Waals surface area contributed by atoms with E-state index in [2.05, 4.69) is 19.3 Å². The van der Waals surface area contributed by atoms with Crippen LogP contribution in [0, 0.1) is 13.8 Å². The molecular formula is C22H26N4O2S. The van der Waals surface area contributed by atoms with Crippen LogP contribution in [-0.2, 0) is 6.54 Å². The number of carbonyl (C=O) groups excluding carboxylic acids is 1. The molecule has 3 aromatic heterocycles. The molecule has 0 bridgehead atoms. The molecule has 0 radical (unpaired) electrons. The van der Waals surface area contributed by atoms with Gasteiger partial charge in [0.15, 0.2) is 10.9 Å². The molecule has 0 saturated heterocycles. The van der Waals surface area contributed by atoms with E-state index in [1.165, 1.54) is 25.7 Å². The highest BCUT2D eigenvalue weighted by atomic mass is 32.2. The lowest BCUT2D eigenvalue weighted by molar-refractivity contribution is 0.0993. The Balaban J connectivity index is 1.36. The Morgan fingerprint density at radius 2 is 2.07 bits per heavy atom. The molecule has 29 heavy (non-hydrogen) atoms. The maximum atomic E-state index is 13.3. The molecular weight excluding hydrogens is 384 g/mol. The Bertz CT molecular complexity index is 1040. The van der Waals surface area contributed by atoms with Crippen LogP contribution in [0.25, 0.3) is 0 Å². The SMILES string of the molecule is Cc1cc(C(=O)[C@H](C)Sc2nnc(C3CC3)n2C2CC2)c(C)n1Cc1ccco1. The molecule has 0 N–H and O–H groups in total. The van der Waals surface area contributed by atoms with Crippen molar-refractivity contribution in [2.24, 2.45) is 0 Å². The highest BCUT2D eigenvalue weighted by molar-refractivity contribution is 8.00. The second-order valence-corrected chi connectivity index (χ2v) is 9.60. The molecule has 2 aliphatic carbocycles. The number of ketones is 1. The molecule has 0 aromatic carbocycles. The lowest BCUT2D eigenvalue weighted by Crippen LogP contribution is -2.16. The van der Waals surface area contributed by atoms with Crippen molar-refractivity contribution in [1.29, 1.82) is 0 Å². The van der Waals surface area contributed by atoms with Crippen molar-refractivity contribution < 1.29 is 9.21 Å². The molecule has 0 amide bonds. The quantitative estimate of drug-likeness (QED) is 0.390. The Kier molecular flexibility index (Phi) is 4.65. The van der Waals surface area contributed by atoms with Gasteiger partial charge in [0.05, 0.1) is 18.1 Å². The van der Waals surface area contributed by atoms with Crippen molar-refractivity contribution in [3.8, 4) is 0 Å². The van der Waals surface area contributed by atoms with Gasteiger partial charge in [-0.05, 0) is 64.7 Å². The van der Waals surface area contributed by atoms with Crippen LogP contribution in [0.15, 0.2) is 34.0 Å². The molecule has 7 heteroatoms. The zero-order chi connectivity index (χ0) is 20.1. The van der Waals surface area contributed by atoms with Gasteiger partial charge in [-0.1, -0.05) is 11.8 Å². The van der Waals surface area contributed by atoms with Gasteiger partial charge in [-0.15, -0.1) is 10.2 Å². The second-order valence-electron chi connectivity index (χ2n) is 8.29. The summed E-state index contributed by atoms with van der Waals surface area (Å²) >= 11 is 1.55. The fourth-order valence-corrected chi connectivity index (χ4v) is 4.94. The standard InChI is InChI=1S/C22H26N4O2S/c1-13-11-19(14(2)25(13)12-18-5-4-10-28-18)20(27)15(3)29-22-24-23-21(16-6-7-16)26(22)17-8-9-17/h4-5,10-11,15-17H,6-9,12H2,1-3H3/t15-/m0/s1. The number of carbonyl (C=O) groups is 1. The third-order valence-electron chi connectivity index (χ3n) is 5.93. The van der Waals surface area contributed by atoms with E-state index in [1.54, 1.807) is 18.0 Å². The Morgan fingerprint density at radius 1 is 1.28 bits per heavy atom. The number of aromatic nitrogens is 4. The van der Waals surface area contributed by atoms with Crippen molar-refractivity contribution in [3.05, 3.63) is 53.0 Å². The minimum atomic E-state index is -0.207. The van der Waals surface area contributed by atoms with Crippen LogP contribution in [0.2, 0.25) is 0 Å². The summed E-state index contributed by atoms with van der Waals surface area (Å²) in [6, 6.07) is 6.38. The van der Waals surface area contributed by atoms with Gasteiger partial charge >= 0.3 is 0 Å². The summed E-state index contributed by atoms with van der Waals surface area (Å²) in [6.45, 7) is 6.67. The van der Waals surface area contributed by atoms with Crippen molar-refractivity contribution in [2.75, 3.05) is 0 Å². The van der Waals surface area contributed by atoms with E-state index in [4.69, 9.17) is 4.42 Å². The van der Waals surface area contributed by atoms with Gasteiger partial charge in [0.2, 0.25) is 0 Å². The van der Waals surface area contributed by atoms with Crippen molar-refractivity contribution >= 4 is 17.5 Å². The summed E-state index contributed by atoms with van der Waals surface area (Å²) in [5.41, 5.74) is 2.84. The van der Waals surface area contributed by atoms with Gasteiger partial charge in [-0.3, -0.25) is 4.79 Å². The molecule has 2 saturated carbocycles. The zero-order valence-corrected chi connectivity index (χ0v) is 17.9. The van der Waals surface area contributed by atoms with Crippen LogP contribution in [0.3, 0.4) is 0 Å². The highest BCUT2D eigenvalue weighted by Gasteiger charge is 2.37. The van der Waals surface area contributed by atoms with Gasteiger partial charge in [0.1, 0.15) is 11.6 Å². The summed E-state index contributed by atoms with van der Waals surface area (Å²) in [6.07, 6.45) is 6.50. The van der Waals surface area contributed by atoms with E-state index in [9.17, 15) is 4.79 Å². The van der Waals surface area contributed by atoms with E-state index in [1.807, 2.05) is 39.0 Å². The smallest absolute Gasteiger partial charge is 0.192 e. The van der Waals surface area contributed by atoms with Crippen LogP contribution in [0.1, 0.15) is 77.9 Å². The second kappa shape index (κ2) is 7.20. The van der Waals surface area contributed by atoms with E-state index < -0.39 is 0 Å². The minimum Gasteiger partial charge on any atom is -0.467 e. The van der Waals surface area contributed by atoms with Crippen LogP contribution < -0.4 is 0 Å². The molecule has 5 rings (SSSR count). The molecule has 2 fully saturated rings. The average molecular weight is 411 g/mol. The largest absolute Gasteiger partial charge is 0.467 e. The molecule has 0 spiro atoms. The number of hydrogen-bond acceptors (Lipinski definition) is 5. The molecule has 3 aromatic rings. The fourth-order valence-electron chi connectivity index (χ4n) is 3.95. The van der Waals surface area contributed by atoms with E-state index in [0.717, 1.165) is 33.7 Å². The summed E-state index contributed by atoms with van der Waals surface area (Å²) in [5, 5.41) is 9.62. The summed E-state index contributed by atoms with van der Waals surface area (Å²) in [4.78, 5) is 13.3. The number of furan rings is 1. The first-order valence-electron chi connectivity index (χ1n) is 10.4. The topological polar surface area (TPSA) is 65.8 Å². The van der Waals surface area contributed by atoms with Gasteiger partial charge in [-0.2, -0.15) is 0 Å². The summed E-state index contributed by atoms with van der Waals surface area (Å²) in [7, 11) is 0. The first kappa shape index (κ1) is 18.7. The number of rotatable bonds is 8. The first-order valence-corrected chi connectivity index (χ1v) is 11.3. The van der Waals surface area contributed by atoms with E-state index >= 15 is 0 Å². The molecule has 1 atom stereocenters. The predicted molar refractivity (Wildman–Crippen MR) is 112 cm³/mol. The number of hydrogen-bond donors (Lipinski definition) is 0. The van der Waals surface area contributed by atoms with Crippen LogP contribution in [-0.4, -0.2) is 30.4 Å². The average Bonchev–Trinajstić information content (AvgIpc) is 3.62. The Labute approximate surface area is 174 Å². The van der Waals surface area contributed by atoms with Crippen molar-refractivity contribution in [1.82, 2.24) is 19.3 Å². The molecule has 152 valence electrons. The van der Waals surface area contributed by atoms with Gasteiger partial charge < -0.3 is 13.6 Å². The monoisotopic (exact) mass is 410 g/mol. The third kappa shape index (κ3) is 3.56. The predicted octanol–water partition coefficient (Wildman–Crippen LogP) is 4.91. The lowest BCUT2D eigenvalue weighted by Gasteiger charge is -2.13. The lowest BCUT2D eigenvalue weighted by atomic mass is 10.1. The Morgan fingerprint density at radius 3 is 2.72 bits per heavy atom. The highest BCUT2D eigenvalue weighted by Crippen LogP contribution is 2.46. The zero-order valence-electron chi connectivity index (χ0n) is 17.1. The number of Topliss-reactive ketones (excluding diaryl/α,β-unsaturated/α-hetero) is 1. The normalized spacial score (nSPS) is 17.6.